The number of benzene rings is 1. The number of nitro groups is 1. The first-order valence-corrected chi connectivity index (χ1v) is 5.10. The van der Waals surface area contributed by atoms with E-state index in [1.165, 1.54) is 0 Å². The molecule has 0 saturated heterocycles. The third kappa shape index (κ3) is 1.89. The Morgan fingerprint density at radius 1 is 1.50 bits per heavy atom. The second-order valence-corrected chi connectivity index (χ2v) is 3.82. The highest BCUT2D eigenvalue weighted by Gasteiger charge is 2.15. The Hall–Kier alpha value is -1.89. The largest absolute Gasteiger partial charge is 0.270 e. The van der Waals surface area contributed by atoms with Crippen molar-refractivity contribution in [3.63, 3.8) is 0 Å². The van der Waals surface area contributed by atoms with Crippen LogP contribution in [0.1, 0.15) is 5.82 Å². The van der Waals surface area contributed by atoms with Gasteiger partial charge in [0.05, 0.1) is 10.5 Å². The molecule has 0 radical (unpaired) electrons. The number of nitro benzene ring substituents is 1. The van der Waals surface area contributed by atoms with Crippen molar-refractivity contribution in [1.29, 1.82) is 0 Å². The number of hydrogen-bond donors (Lipinski definition) is 0. The molecule has 1 aromatic heterocycles. The SMILES string of the molecule is Cc1nsc(-c2cc([N+](=O)[O-])ccc2F)n1. The summed E-state index contributed by atoms with van der Waals surface area (Å²) < 4.78 is 17.3. The molecule has 2 rings (SSSR count). The molecule has 0 saturated carbocycles. The van der Waals surface area contributed by atoms with Crippen LogP contribution in [-0.2, 0) is 0 Å². The molecule has 0 atom stereocenters. The van der Waals surface area contributed by atoms with Gasteiger partial charge in [-0.15, -0.1) is 0 Å². The van der Waals surface area contributed by atoms with Crippen molar-refractivity contribution in [2.45, 2.75) is 6.92 Å². The van der Waals surface area contributed by atoms with Crippen LogP contribution >= 0.6 is 11.5 Å². The summed E-state index contributed by atoms with van der Waals surface area (Å²) in [5.41, 5.74) is -0.0518. The first kappa shape index (κ1) is 10.6. The highest BCUT2D eigenvalue weighted by Crippen LogP contribution is 2.27. The average Bonchev–Trinajstić information content (AvgIpc) is 2.65. The van der Waals surface area contributed by atoms with Crippen LogP contribution in [0.5, 0.6) is 0 Å². The minimum atomic E-state index is -0.573. The van der Waals surface area contributed by atoms with Gasteiger partial charge in [0.2, 0.25) is 0 Å². The smallest absolute Gasteiger partial charge is 0.258 e. The number of halogens is 1. The van der Waals surface area contributed by atoms with E-state index in [0.717, 1.165) is 29.7 Å². The van der Waals surface area contributed by atoms with E-state index in [0.29, 0.717) is 10.8 Å². The van der Waals surface area contributed by atoms with Crippen LogP contribution in [0.15, 0.2) is 18.2 Å². The van der Waals surface area contributed by atoms with Gasteiger partial charge in [-0.2, -0.15) is 4.37 Å². The Bertz CT molecular complexity index is 555. The van der Waals surface area contributed by atoms with Crippen molar-refractivity contribution in [1.82, 2.24) is 9.36 Å². The standard InChI is InChI=1S/C9H6FN3O2S/c1-5-11-9(16-12-5)7-4-6(13(14)15)2-3-8(7)10/h2-4H,1H3. The van der Waals surface area contributed by atoms with Gasteiger partial charge in [0.15, 0.2) is 0 Å². The number of hydrogen-bond acceptors (Lipinski definition) is 5. The molecule has 0 aliphatic heterocycles. The summed E-state index contributed by atoms with van der Waals surface area (Å²) in [6.45, 7) is 1.68. The lowest BCUT2D eigenvalue weighted by atomic mass is 10.2. The third-order valence-corrected chi connectivity index (χ3v) is 2.76. The number of aromatic nitrogens is 2. The fourth-order valence-corrected chi connectivity index (χ4v) is 1.88. The number of rotatable bonds is 2. The molecule has 0 aliphatic rings. The van der Waals surface area contributed by atoms with E-state index in [1.807, 2.05) is 0 Å². The predicted molar refractivity (Wildman–Crippen MR) is 56.7 cm³/mol. The van der Waals surface area contributed by atoms with Gasteiger partial charge in [-0.1, -0.05) is 0 Å². The van der Waals surface area contributed by atoms with E-state index in [4.69, 9.17) is 0 Å². The van der Waals surface area contributed by atoms with Crippen LogP contribution in [0.4, 0.5) is 10.1 Å². The maximum atomic E-state index is 13.4. The fraction of sp³-hybridized carbons (Fsp3) is 0.111. The quantitative estimate of drug-likeness (QED) is 0.596. The molecule has 0 N–H and O–H groups in total. The summed E-state index contributed by atoms with van der Waals surface area (Å²) in [7, 11) is 0. The van der Waals surface area contributed by atoms with E-state index < -0.39 is 10.7 Å². The van der Waals surface area contributed by atoms with Crippen LogP contribution in [0.25, 0.3) is 10.6 Å². The Morgan fingerprint density at radius 3 is 2.81 bits per heavy atom. The zero-order valence-corrected chi connectivity index (χ0v) is 8.99. The Labute approximate surface area is 93.9 Å². The fourth-order valence-electron chi connectivity index (χ4n) is 1.20. The molecule has 2 aromatic rings. The Balaban J connectivity index is 2.55. The highest BCUT2D eigenvalue weighted by molar-refractivity contribution is 7.09. The van der Waals surface area contributed by atoms with Gasteiger partial charge < -0.3 is 0 Å². The molecule has 0 bridgehead atoms. The molecule has 1 aromatic carbocycles. The minimum absolute atomic E-state index is 0.111. The van der Waals surface area contributed by atoms with Gasteiger partial charge in [-0.3, -0.25) is 10.1 Å². The van der Waals surface area contributed by atoms with Crippen LogP contribution in [-0.4, -0.2) is 14.3 Å². The van der Waals surface area contributed by atoms with Gasteiger partial charge in [-0.05, 0) is 24.5 Å². The molecule has 16 heavy (non-hydrogen) atoms. The van der Waals surface area contributed by atoms with Crippen LogP contribution in [0, 0.1) is 22.9 Å². The monoisotopic (exact) mass is 239 g/mol. The summed E-state index contributed by atoms with van der Waals surface area (Å²) in [5, 5.41) is 10.9. The molecule has 1 heterocycles. The number of nitrogens with zero attached hydrogens (tertiary/aromatic N) is 3. The summed E-state index contributed by atoms with van der Waals surface area (Å²) in [5.74, 6) is -0.0207. The van der Waals surface area contributed by atoms with Crippen molar-refractivity contribution < 1.29 is 9.31 Å². The maximum Gasteiger partial charge on any atom is 0.270 e. The lowest BCUT2D eigenvalue weighted by Crippen LogP contribution is -1.91. The van der Waals surface area contributed by atoms with E-state index in [1.54, 1.807) is 6.92 Å². The maximum absolute atomic E-state index is 13.4. The van der Waals surface area contributed by atoms with E-state index in [-0.39, 0.29) is 11.3 Å². The van der Waals surface area contributed by atoms with Gasteiger partial charge >= 0.3 is 0 Å². The third-order valence-electron chi connectivity index (χ3n) is 1.92. The molecule has 7 heteroatoms. The van der Waals surface area contributed by atoms with Crippen molar-refractivity contribution in [2.75, 3.05) is 0 Å². The molecule has 0 spiro atoms. The first-order chi connectivity index (χ1) is 7.58. The average molecular weight is 239 g/mol. The van der Waals surface area contributed by atoms with Crippen LogP contribution in [0.3, 0.4) is 0 Å². The van der Waals surface area contributed by atoms with E-state index in [9.17, 15) is 14.5 Å². The number of non-ortho nitro benzene ring substituents is 1. The van der Waals surface area contributed by atoms with Crippen molar-refractivity contribution in [3.05, 3.63) is 40.0 Å². The van der Waals surface area contributed by atoms with E-state index >= 15 is 0 Å². The normalized spacial score (nSPS) is 10.4. The van der Waals surface area contributed by atoms with Gasteiger partial charge in [0.25, 0.3) is 5.69 Å². The van der Waals surface area contributed by atoms with Gasteiger partial charge in [0, 0.05) is 12.1 Å². The Morgan fingerprint density at radius 2 is 2.25 bits per heavy atom. The van der Waals surface area contributed by atoms with E-state index in [2.05, 4.69) is 9.36 Å². The zero-order chi connectivity index (χ0) is 11.7. The Kier molecular flexibility index (Phi) is 2.61. The van der Waals surface area contributed by atoms with Crippen molar-refractivity contribution >= 4 is 17.2 Å². The lowest BCUT2D eigenvalue weighted by Gasteiger charge is -1.97. The first-order valence-electron chi connectivity index (χ1n) is 4.32. The highest BCUT2D eigenvalue weighted by atomic mass is 32.1. The molecule has 0 aliphatic carbocycles. The minimum Gasteiger partial charge on any atom is -0.258 e. The molecule has 0 amide bonds. The zero-order valence-electron chi connectivity index (χ0n) is 8.18. The van der Waals surface area contributed by atoms with Gasteiger partial charge in [-0.25, -0.2) is 9.37 Å². The lowest BCUT2D eigenvalue weighted by molar-refractivity contribution is -0.384. The van der Waals surface area contributed by atoms with Crippen molar-refractivity contribution in [2.24, 2.45) is 0 Å². The molecular formula is C9H6FN3O2S. The van der Waals surface area contributed by atoms with Crippen LogP contribution in [0.2, 0.25) is 0 Å². The second kappa shape index (κ2) is 3.93. The molecule has 0 unspecified atom stereocenters. The summed E-state index contributed by atoms with van der Waals surface area (Å²) >= 11 is 1.01. The van der Waals surface area contributed by atoms with Crippen molar-refractivity contribution in [3.8, 4) is 10.6 Å². The summed E-state index contributed by atoms with van der Waals surface area (Å²) in [6.07, 6.45) is 0. The summed E-state index contributed by atoms with van der Waals surface area (Å²) in [4.78, 5) is 14.0. The van der Waals surface area contributed by atoms with Crippen LogP contribution < -0.4 is 0 Å². The molecule has 5 nitrogen and oxygen atoms in total. The summed E-state index contributed by atoms with van der Waals surface area (Å²) in [6, 6.07) is 3.34. The predicted octanol–water partition coefficient (Wildman–Crippen LogP) is 2.56. The molecular weight excluding hydrogens is 233 g/mol. The second-order valence-electron chi connectivity index (χ2n) is 3.07. The number of aryl methyl sites for hydroxylation is 1. The molecule has 0 fully saturated rings. The van der Waals surface area contributed by atoms with Gasteiger partial charge in [0.1, 0.15) is 16.6 Å². The topological polar surface area (TPSA) is 68.9 Å². The molecule has 82 valence electrons.